The smallest absolute Gasteiger partial charge is 0.234 e. The Morgan fingerprint density at radius 2 is 1.53 bits per heavy atom. The third-order valence-corrected chi connectivity index (χ3v) is 1.68. The zero-order chi connectivity index (χ0) is 11.0. The van der Waals surface area contributed by atoms with Gasteiger partial charge < -0.3 is 18.7 Å². The van der Waals surface area contributed by atoms with E-state index in [4.69, 9.17) is 9.47 Å². The van der Waals surface area contributed by atoms with Crippen LogP contribution in [0.15, 0.2) is 0 Å². The van der Waals surface area contributed by atoms with E-state index >= 15 is 0 Å². The van der Waals surface area contributed by atoms with Gasteiger partial charge in [-0.25, -0.2) is 8.42 Å². The van der Waals surface area contributed by atoms with Crippen LogP contribution in [0, 0.1) is 0 Å². The molecule has 15 heavy (non-hydrogen) atoms. The van der Waals surface area contributed by atoms with Crippen molar-refractivity contribution in [2.75, 3.05) is 40.5 Å². The normalized spacial score (nSPS) is 11.5. The molecule has 0 aliphatic carbocycles. The number of nitrogens with zero attached hydrogens (tertiary/aromatic N) is 1. The minimum absolute atomic E-state index is 0. The van der Waals surface area contributed by atoms with Crippen LogP contribution in [0.2, 0.25) is 0 Å². The summed E-state index contributed by atoms with van der Waals surface area (Å²) in [6.45, 7) is 0.890. The fraction of sp³-hybridized carbons (Fsp3) is 1.00. The highest BCUT2D eigenvalue weighted by Crippen LogP contribution is 1.96. The molecule has 0 saturated carbocycles. The van der Waals surface area contributed by atoms with Crippen molar-refractivity contribution in [2.24, 2.45) is 0 Å². The number of rotatable bonds is 8. The molecule has 0 bridgehead atoms. The Bertz CT molecular complexity index is 226. The fourth-order valence-corrected chi connectivity index (χ4v) is 1.11. The lowest BCUT2D eigenvalue weighted by atomic mass is 10.6. The molecule has 0 aromatic heterocycles. The zero-order valence-corrected chi connectivity index (χ0v) is 9.33. The highest BCUT2D eigenvalue weighted by atomic mass is 32.3. The molecule has 0 heterocycles. The summed E-state index contributed by atoms with van der Waals surface area (Å²) in [6.07, 6.45) is 0. The molecule has 0 atom stereocenters. The topological polar surface area (TPSA) is 88.1 Å². The van der Waals surface area contributed by atoms with Gasteiger partial charge in [-0.05, 0) is 0 Å². The average Bonchev–Trinajstić information content (AvgIpc) is 2.07. The minimum atomic E-state index is -4.72. The monoisotopic (exact) mass is 247 g/mol. The van der Waals surface area contributed by atoms with E-state index in [1.165, 1.54) is 14.2 Å². The van der Waals surface area contributed by atoms with Crippen LogP contribution in [0.25, 0.3) is 0 Å². The van der Waals surface area contributed by atoms with Crippen LogP contribution in [0.5, 0.6) is 0 Å². The third-order valence-electron chi connectivity index (χ3n) is 1.29. The molecule has 0 N–H and O–H groups in total. The second-order valence-electron chi connectivity index (χ2n) is 2.40. The molecule has 94 valence electrons. The largest absolute Gasteiger partial charge is 1.00 e. The maximum absolute atomic E-state index is 10.3. The first-order chi connectivity index (χ1) is 6.49. The highest BCUT2D eigenvalue weighted by molar-refractivity contribution is 7.80. The summed E-state index contributed by atoms with van der Waals surface area (Å²) in [5, 5.41) is 0.981. The van der Waals surface area contributed by atoms with Crippen molar-refractivity contribution >= 4 is 10.4 Å². The van der Waals surface area contributed by atoms with Gasteiger partial charge >= 0.3 is 0 Å². The molecular weight excluding hydrogens is 233 g/mol. The van der Waals surface area contributed by atoms with Gasteiger partial charge in [-0.1, -0.05) is 0 Å². The van der Waals surface area contributed by atoms with E-state index in [0.717, 1.165) is 5.06 Å². The number of ether oxygens (including phenoxy) is 2. The summed E-state index contributed by atoms with van der Waals surface area (Å²) >= 11 is 0. The van der Waals surface area contributed by atoms with Gasteiger partial charge in [-0.15, -0.1) is 0 Å². The Labute approximate surface area is 88.2 Å². The summed E-state index contributed by atoms with van der Waals surface area (Å²) in [4.78, 5) is 0. The van der Waals surface area contributed by atoms with Gasteiger partial charge in [0.05, 0.1) is 13.2 Å². The Kier molecular flexibility index (Phi) is 10.2. The van der Waals surface area contributed by atoms with E-state index in [0.29, 0.717) is 0 Å². The van der Waals surface area contributed by atoms with Crippen LogP contribution >= 0.6 is 0 Å². The van der Waals surface area contributed by atoms with Gasteiger partial charge in [0.2, 0.25) is 10.4 Å². The Hall–Kier alpha value is -0.320. The molecule has 0 saturated heterocycles. The van der Waals surface area contributed by atoms with Crippen LogP contribution in [0.1, 0.15) is 0 Å². The molecule has 7 nitrogen and oxygen atoms in total. The van der Waals surface area contributed by atoms with Crippen molar-refractivity contribution < 1.29 is 31.4 Å². The molecule has 0 spiro atoms. The Balaban J connectivity index is 0. The van der Waals surface area contributed by atoms with E-state index in [9.17, 15) is 13.0 Å². The van der Waals surface area contributed by atoms with Crippen molar-refractivity contribution in [3.8, 4) is 0 Å². The molecule has 0 rings (SSSR count). The summed E-state index contributed by atoms with van der Waals surface area (Å²) in [5.74, 6) is 0. The Morgan fingerprint density at radius 3 is 1.80 bits per heavy atom. The minimum Gasteiger partial charge on any atom is -1.00 e. The first kappa shape index (κ1) is 17.1. The molecule has 0 unspecified atom stereocenters. The number of methoxy groups -OCH3 is 2. The van der Waals surface area contributed by atoms with Crippen molar-refractivity contribution in [2.45, 2.75) is 0 Å². The van der Waals surface area contributed by atoms with Crippen molar-refractivity contribution in [1.29, 1.82) is 0 Å². The second-order valence-corrected chi connectivity index (χ2v) is 3.36. The van der Waals surface area contributed by atoms with Crippen LogP contribution in [-0.4, -0.2) is 58.6 Å². The van der Waals surface area contributed by atoms with Crippen LogP contribution in [-0.2, 0) is 24.2 Å². The van der Waals surface area contributed by atoms with Gasteiger partial charge in [0.1, 0.15) is 0 Å². The van der Waals surface area contributed by atoms with E-state index < -0.39 is 10.4 Å². The number of hydrogen-bond acceptors (Lipinski definition) is 7. The standard InChI is InChI=1S/C6H15NO6S.FH/c1-11-5-3-7(4-6-12-2)13-14(8,9)10;/h3-6H2,1-2H3,(H,8,9,10);1H/p-2. The lowest BCUT2D eigenvalue weighted by molar-refractivity contribution is -0.0847. The molecule has 0 aliphatic heterocycles. The molecule has 0 aliphatic rings. The summed E-state index contributed by atoms with van der Waals surface area (Å²) in [7, 11) is -1.80. The lowest BCUT2D eigenvalue weighted by Crippen LogP contribution is -3.00. The molecule has 0 radical (unpaired) electrons. The number of halogens is 1. The summed E-state index contributed by atoms with van der Waals surface area (Å²) in [5.41, 5.74) is 0. The van der Waals surface area contributed by atoms with Gasteiger partial charge in [-0.2, -0.15) is 9.35 Å². The summed E-state index contributed by atoms with van der Waals surface area (Å²) in [6, 6.07) is 0. The molecule has 0 fully saturated rings. The first-order valence-corrected chi connectivity index (χ1v) is 5.21. The molecule has 0 aromatic rings. The predicted octanol–water partition coefficient (Wildman–Crippen LogP) is -4.02. The van der Waals surface area contributed by atoms with Gasteiger partial charge in [0.25, 0.3) is 0 Å². The quantitative estimate of drug-likeness (QED) is 0.245. The Morgan fingerprint density at radius 1 is 1.13 bits per heavy atom. The predicted molar refractivity (Wildman–Crippen MR) is 46.1 cm³/mol. The zero-order valence-electron chi connectivity index (χ0n) is 8.51. The lowest BCUT2D eigenvalue weighted by Gasteiger charge is -2.21. The van der Waals surface area contributed by atoms with E-state index in [2.05, 4.69) is 4.28 Å². The first-order valence-electron chi connectivity index (χ1n) is 3.88. The van der Waals surface area contributed by atoms with Gasteiger partial charge in [-0.3, -0.25) is 0 Å². The maximum Gasteiger partial charge on any atom is 0.234 e. The maximum atomic E-state index is 10.3. The average molecular weight is 247 g/mol. The van der Waals surface area contributed by atoms with Gasteiger partial charge in [0, 0.05) is 27.3 Å². The molecular formula is C6H14FNO6S-2. The van der Waals surface area contributed by atoms with E-state index in [1.54, 1.807) is 0 Å². The third kappa shape index (κ3) is 11.6. The molecule has 9 heteroatoms. The van der Waals surface area contributed by atoms with Crippen molar-refractivity contribution in [3.63, 3.8) is 0 Å². The second kappa shape index (κ2) is 8.95. The molecule has 0 amide bonds. The highest BCUT2D eigenvalue weighted by Gasteiger charge is 2.08. The van der Waals surface area contributed by atoms with Crippen LogP contribution < -0.4 is 4.70 Å². The van der Waals surface area contributed by atoms with Crippen LogP contribution in [0.4, 0.5) is 0 Å². The fourth-order valence-electron chi connectivity index (χ4n) is 0.702. The SMILES string of the molecule is COCCN(CCOC)OS(=O)(=O)[O-].[F-]. The van der Waals surface area contributed by atoms with E-state index in [1.807, 2.05) is 0 Å². The number of hydroxylamine groups is 2. The van der Waals surface area contributed by atoms with Crippen molar-refractivity contribution in [3.05, 3.63) is 0 Å². The summed E-state index contributed by atoms with van der Waals surface area (Å²) < 4.78 is 44.3. The number of hydrogen-bond donors (Lipinski definition) is 0. The van der Waals surface area contributed by atoms with E-state index in [-0.39, 0.29) is 31.0 Å². The van der Waals surface area contributed by atoms with Crippen molar-refractivity contribution in [1.82, 2.24) is 5.06 Å². The van der Waals surface area contributed by atoms with Gasteiger partial charge in [0.15, 0.2) is 0 Å². The van der Waals surface area contributed by atoms with Crippen LogP contribution in [0.3, 0.4) is 0 Å². The molecule has 0 aromatic carbocycles.